The quantitative estimate of drug-likeness (QED) is 0.857. The summed E-state index contributed by atoms with van der Waals surface area (Å²) in [5.74, 6) is 0.125. The minimum absolute atomic E-state index is 0.125. The van der Waals surface area contributed by atoms with E-state index in [0.717, 1.165) is 18.7 Å². The van der Waals surface area contributed by atoms with E-state index >= 15 is 0 Å². The molecule has 20 heavy (non-hydrogen) atoms. The lowest BCUT2D eigenvalue weighted by atomic mass is 10.2. The minimum atomic E-state index is 0.125. The summed E-state index contributed by atoms with van der Waals surface area (Å²) in [6.07, 6.45) is 0. The number of hydrogen-bond acceptors (Lipinski definition) is 4. The Morgan fingerprint density at radius 3 is 2.75 bits per heavy atom. The molecule has 0 aliphatic carbocycles. The summed E-state index contributed by atoms with van der Waals surface area (Å²) < 4.78 is 0. The third-order valence-electron chi connectivity index (χ3n) is 3.17. The zero-order valence-electron chi connectivity index (χ0n) is 11.6. The van der Waals surface area contributed by atoms with Gasteiger partial charge in [0.15, 0.2) is 0 Å². The second kappa shape index (κ2) is 7.09. The predicted octanol–water partition coefficient (Wildman–Crippen LogP) is 3.50. The van der Waals surface area contributed by atoms with Gasteiger partial charge in [0.1, 0.15) is 5.75 Å². The highest BCUT2D eigenvalue weighted by atomic mass is 35.5. The average molecular weight is 311 g/mol. The zero-order chi connectivity index (χ0) is 14.5. The molecule has 0 saturated heterocycles. The number of hydrogen-bond donors (Lipinski definition) is 2. The molecule has 1 heterocycles. The van der Waals surface area contributed by atoms with Crippen LogP contribution in [0.25, 0.3) is 0 Å². The van der Waals surface area contributed by atoms with E-state index in [0.29, 0.717) is 11.1 Å². The fourth-order valence-corrected chi connectivity index (χ4v) is 3.16. The largest absolute Gasteiger partial charge is 0.506 e. The summed E-state index contributed by atoms with van der Waals surface area (Å²) in [7, 11) is 4.17. The lowest BCUT2D eigenvalue weighted by Gasteiger charge is -2.23. The number of benzene rings is 1. The van der Waals surface area contributed by atoms with Gasteiger partial charge < -0.3 is 15.3 Å². The Morgan fingerprint density at radius 1 is 1.35 bits per heavy atom. The van der Waals surface area contributed by atoms with E-state index in [2.05, 4.69) is 41.8 Å². The third-order valence-corrected chi connectivity index (χ3v) is 4.45. The Hall–Kier alpha value is -1.07. The van der Waals surface area contributed by atoms with E-state index < -0.39 is 0 Å². The van der Waals surface area contributed by atoms with Gasteiger partial charge in [-0.2, -0.15) is 0 Å². The highest BCUT2D eigenvalue weighted by molar-refractivity contribution is 7.10. The Bertz CT molecular complexity index is 543. The van der Waals surface area contributed by atoms with Crippen LogP contribution in [0.15, 0.2) is 35.7 Å². The fourth-order valence-electron chi connectivity index (χ4n) is 2.03. The first-order valence-electron chi connectivity index (χ1n) is 6.46. The molecule has 0 aliphatic rings. The first kappa shape index (κ1) is 15.3. The maximum atomic E-state index is 9.40. The van der Waals surface area contributed by atoms with Crippen molar-refractivity contribution in [1.29, 1.82) is 0 Å². The molecular formula is C15H19ClN2OS. The van der Waals surface area contributed by atoms with Crippen LogP contribution in [0, 0.1) is 0 Å². The van der Waals surface area contributed by atoms with Crippen molar-refractivity contribution in [3.63, 3.8) is 0 Å². The number of halogens is 1. The van der Waals surface area contributed by atoms with Crippen molar-refractivity contribution in [3.8, 4) is 5.75 Å². The number of nitrogens with zero attached hydrogens (tertiary/aromatic N) is 1. The SMILES string of the molecule is CN(C)C(CNCc1ccc(O)c(Cl)c1)c1cccs1. The second-order valence-corrected chi connectivity index (χ2v) is 6.30. The van der Waals surface area contributed by atoms with Crippen molar-refractivity contribution in [3.05, 3.63) is 51.2 Å². The third kappa shape index (κ3) is 3.96. The maximum absolute atomic E-state index is 9.40. The van der Waals surface area contributed by atoms with Crippen LogP contribution in [0.5, 0.6) is 5.75 Å². The molecule has 0 saturated carbocycles. The molecule has 0 aliphatic heterocycles. The van der Waals surface area contributed by atoms with Gasteiger partial charge in [-0.15, -0.1) is 11.3 Å². The number of phenolic OH excluding ortho intramolecular Hbond substituents is 1. The molecule has 1 unspecified atom stereocenters. The van der Waals surface area contributed by atoms with E-state index in [1.807, 2.05) is 6.07 Å². The van der Waals surface area contributed by atoms with Crippen molar-refractivity contribution >= 4 is 22.9 Å². The molecule has 0 spiro atoms. The summed E-state index contributed by atoms with van der Waals surface area (Å²) in [5.41, 5.74) is 1.07. The van der Waals surface area contributed by atoms with Crippen LogP contribution < -0.4 is 5.32 Å². The van der Waals surface area contributed by atoms with Crippen LogP contribution >= 0.6 is 22.9 Å². The molecule has 3 nitrogen and oxygen atoms in total. The lowest BCUT2D eigenvalue weighted by Crippen LogP contribution is -2.30. The van der Waals surface area contributed by atoms with Gasteiger partial charge in [-0.3, -0.25) is 0 Å². The van der Waals surface area contributed by atoms with Crippen molar-refractivity contribution in [2.75, 3.05) is 20.6 Å². The van der Waals surface area contributed by atoms with Gasteiger partial charge in [0.05, 0.1) is 11.1 Å². The zero-order valence-corrected chi connectivity index (χ0v) is 13.2. The monoisotopic (exact) mass is 310 g/mol. The first-order chi connectivity index (χ1) is 9.58. The summed E-state index contributed by atoms with van der Waals surface area (Å²) in [5, 5.41) is 15.3. The predicted molar refractivity (Wildman–Crippen MR) is 85.6 cm³/mol. The molecule has 0 bridgehead atoms. The number of likely N-dealkylation sites (N-methyl/N-ethyl adjacent to an activating group) is 1. The van der Waals surface area contributed by atoms with Crippen LogP contribution in [0.2, 0.25) is 5.02 Å². The smallest absolute Gasteiger partial charge is 0.134 e. The van der Waals surface area contributed by atoms with Crippen LogP contribution in [0.1, 0.15) is 16.5 Å². The van der Waals surface area contributed by atoms with E-state index in [4.69, 9.17) is 11.6 Å². The molecule has 5 heteroatoms. The molecule has 2 aromatic rings. The molecule has 2 rings (SSSR count). The van der Waals surface area contributed by atoms with Gasteiger partial charge >= 0.3 is 0 Å². The van der Waals surface area contributed by atoms with E-state index in [1.165, 1.54) is 4.88 Å². The normalized spacial score (nSPS) is 12.8. The van der Waals surface area contributed by atoms with Crippen LogP contribution in [0.3, 0.4) is 0 Å². The van der Waals surface area contributed by atoms with Crippen LogP contribution in [-0.2, 0) is 6.54 Å². The molecule has 0 amide bonds. The molecule has 2 N–H and O–H groups in total. The summed E-state index contributed by atoms with van der Waals surface area (Å²) >= 11 is 7.68. The van der Waals surface area contributed by atoms with Crippen molar-refractivity contribution in [2.24, 2.45) is 0 Å². The van der Waals surface area contributed by atoms with Crippen LogP contribution in [0.4, 0.5) is 0 Å². The van der Waals surface area contributed by atoms with Gasteiger partial charge in [0, 0.05) is 18.0 Å². The number of phenols is 1. The summed E-state index contributed by atoms with van der Waals surface area (Å²) in [6, 6.07) is 9.90. The molecule has 0 radical (unpaired) electrons. The molecule has 0 fully saturated rings. The fraction of sp³-hybridized carbons (Fsp3) is 0.333. The number of thiophene rings is 1. The summed E-state index contributed by atoms with van der Waals surface area (Å²) in [6.45, 7) is 1.60. The van der Waals surface area contributed by atoms with Gasteiger partial charge in [-0.1, -0.05) is 23.7 Å². The van der Waals surface area contributed by atoms with Gasteiger partial charge in [0.25, 0.3) is 0 Å². The Morgan fingerprint density at radius 2 is 2.15 bits per heavy atom. The van der Waals surface area contributed by atoms with Gasteiger partial charge in [-0.05, 0) is 43.2 Å². The average Bonchev–Trinajstić information content (AvgIpc) is 2.92. The minimum Gasteiger partial charge on any atom is -0.506 e. The highest BCUT2D eigenvalue weighted by Gasteiger charge is 2.14. The van der Waals surface area contributed by atoms with Crippen molar-refractivity contribution < 1.29 is 5.11 Å². The van der Waals surface area contributed by atoms with E-state index in [9.17, 15) is 5.11 Å². The van der Waals surface area contributed by atoms with Crippen LogP contribution in [-0.4, -0.2) is 30.6 Å². The van der Waals surface area contributed by atoms with Gasteiger partial charge in [-0.25, -0.2) is 0 Å². The topological polar surface area (TPSA) is 35.5 Å². The Balaban J connectivity index is 1.92. The summed E-state index contributed by atoms with van der Waals surface area (Å²) in [4.78, 5) is 3.56. The lowest BCUT2D eigenvalue weighted by molar-refractivity contribution is 0.292. The Kier molecular flexibility index (Phi) is 5.43. The molecule has 108 valence electrons. The first-order valence-corrected chi connectivity index (χ1v) is 7.71. The standard InChI is InChI=1S/C15H19ClN2OS/c1-18(2)13(15-4-3-7-20-15)10-17-9-11-5-6-14(19)12(16)8-11/h3-8,13,17,19H,9-10H2,1-2H3. The highest BCUT2D eigenvalue weighted by Crippen LogP contribution is 2.24. The molecule has 1 aromatic carbocycles. The molecular weight excluding hydrogens is 292 g/mol. The van der Waals surface area contributed by atoms with Gasteiger partial charge in [0.2, 0.25) is 0 Å². The van der Waals surface area contributed by atoms with Crippen molar-refractivity contribution in [2.45, 2.75) is 12.6 Å². The number of rotatable bonds is 6. The molecule has 1 aromatic heterocycles. The second-order valence-electron chi connectivity index (χ2n) is 4.91. The van der Waals surface area contributed by atoms with Crippen molar-refractivity contribution in [1.82, 2.24) is 10.2 Å². The maximum Gasteiger partial charge on any atom is 0.134 e. The number of nitrogens with one attached hydrogen (secondary N) is 1. The van der Waals surface area contributed by atoms with E-state index in [1.54, 1.807) is 23.5 Å². The number of aromatic hydroxyl groups is 1. The molecule has 1 atom stereocenters. The Labute approximate surface area is 128 Å². The van der Waals surface area contributed by atoms with E-state index in [-0.39, 0.29) is 5.75 Å².